The standard InChI is InChI=1S/C29H38N4O4/c1-36-27-11-5-4-10-26(27)33-16-14-32(15-17-33)25-13-12-22(31-28(34)21-7-2-3-8-21)19-24(25)29(35)30-20-23-9-6-18-37-23/h4-5,10-13,19,21,23H,2-3,6-9,14-18,20H2,1H3,(H,30,35)(H,31,34)/t23-/m0/s1. The van der Waals surface area contributed by atoms with Gasteiger partial charge in [0.1, 0.15) is 5.75 Å². The molecule has 2 amide bonds. The molecule has 1 atom stereocenters. The zero-order valence-electron chi connectivity index (χ0n) is 21.7. The summed E-state index contributed by atoms with van der Waals surface area (Å²) in [6, 6.07) is 13.8. The normalized spacial score (nSPS) is 20.2. The summed E-state index contributed by atoms with van der Waals surface area (Å²) in [5, 5.41) is 6.14. The highest BCUT2D eigenvalue weighted by atomic mass is 16.5. The maximum atomic E-state index is 13.4. The summed E-state index contributed by atoms with van der Waals surface area (Å²) >= 11 is 0. The van der Waals surface area contributed by atoms with E-state index in [1.165, 1.54) is 0 Å². The van der Waals surface area contributed by atoms with Gasteiger partial charge in [-0.1, -0.05) is 25.0 Å². The van der Waals surface area contributed by atoms with Crippen LogP contribution in [0, 0.1) is 5.92 Å². The molecule has 2 aliphatic heterocycles. The van der Waals surface area contributed by atoms with Gasteiger partial charge in [-0.15, -0.1) is 0 Å². The van der Waals surface area contributed by atoms with Gasteiger partial charge in [-0.05, 0) is 56.0 Å². The highest BCUT2D eigenvalue weighted by molar-refractivity contribution is 6.02. The van der Waals surface area contributed by atoms with Crippen molar-refractivity contribution >= 4 is 28.9 Å². The van der Waals surface area contributed by atoms with E-state index in [9.17, 15) is 9.59 Å². The van der Waals surface area contributed by atoms with Crippen LogP contribution in [0.25, 0.3) is 0 Å². The molecule has 3 aliphatic rings. The highest BCUT2D eigenvalue weighted by Crippen LogP contribution is 2.32. The predicted molar refractivity (Wildman–Crippen MR) is 146 cm³/mol. The smallest absolute Gasteiger partial charge is 0.253 e. The molecule has 37 heavy (non-hydrogen) atoms. The van der Waals surface area contributed by atoms with Crippen LogP contribution in [0.1, 0.15) is 48.9 Å². The number of nitrogens with zero attached hydrogens (tertiary/aromatic N) is 2. The molecule has 198 valence electrons. The van der Waals surface area contributed by atoms with Crippen molar-refractivity contribution in [3.8, 4) is 5.75 Å². The first kappa shape index (κ1) is 25.4. The molecule has 1 aliphatic carbocycles. The minimum Gasteiger partial charge on any atom is -0.495 e. The molecule has 8 heteroatoms. The van der Waals surface area contributed by atoms with E-state index in [0.29, 0.717) is 17.8 Å². The van der Waals surface area contributed by atoms with Crippen molar-refractivity contribution in [2.45, 2.75) is 44.6 Å². The van der Waals surface area contributed by atoms with Crippen LogP contribution in [0.15, 0.2) is 42.5 Å². The number of rotatable bonds is 8. The first-order valence-electron chi connectivity index (χ1n) is 13.6. The molecular formula is C29H38N4O4. The number of hydrogen-bond donors (Lipinski definition) is 2. The molecule has 0 radical (unpaired) electrons. The number of amides is 2. The third-order valence-electron chi connectivity index (χ3n) is 7.80. The predicted octanol–water partition coefficient (Wildman–Crippen LogP) is 4.06. The summed E-state index contributed by atoms with van der Waals surface area (Å²) in [6.07, 6.45) is 6.16. The Bertz CT molecular complexity index is 1090. The van der Waals surface area contributed by atoms with Crippen LogP contribution in [-0.2, 0) is 9.53 Å². The third-order valence-corrected chi connectivity index (χ3v) is 7.80. The second-order valence-electron chi connectivity index (χ2n) is 10.2. The molecule has 5 rings (SSSR count). The second kappa shape index (κ2) is 11.9. The largest absolute Gasteiger partial charge is 0.495 e. The van der Waals surface area contributed by atoms with Crippen LogP contribution in [-0.4, -0.2) is 64.4 Å². The molecule has 2 heterocycles. The molecule has 2 aromatic rings. The molecule has 0 bridgehead atoms. The van der Waals surface area contributed by atoms with Gasteiger partial charge in [0.2, 0.25) is 5.91 Å². The Balaban J connectivity index is 1.32. The maximum Gasteiger partial charge on any atom is 0.253 e. The summed E-state index contributed by atoms with van der Waals surface area (Å²) in [7, 11) is 1.70. The fourth-order valence-electron chi connectivity index (χ4n) is 5.69. The number of piperazine rings is 1. The molecule has 0 unspecified atom stereocenters. The quantitative estimate of drug-likeness (QED) is 0.562. The van der Waals surface area contributed by atoms with Crippen LogP contribution < -0.4 is 25.2 Å². The summed E-state index contributed by atoms with van der Waals surface area (Å²) in [5.74, 6) is 0.864. The van der Waals surface area contributed by atoms with Crippen LogP contribution in [0.5, 0.6) is 5.75 Å². The van der Waals surface area contributed by atoms with Crippen LogP contribution in [0.4, 0.5) is 17.1 Å². The Kier molecular flexibility index (Phi) is 8.14. The SMILES string of the molecule is COc1ccccc1N1CCN(c2ccc(NC(=O)C3CCCC3)cc2C(=O)NC[C@@H]2CCCO2)CC1. The fraction of sp³-hybridized carbons (Fsp3) is 0.517. The van der Waals surface area contributed by atoms with E-state index < -0.39 is 0 Å². The Morgan fingerprint density at radius 1 is 0.946 bits per heavy atom. The summed E-state index contributed by atoms with van der Waals surface area (Å²) in [5.41, 5.74) is 3.25. The number of anilines is 3. The average Bonchev–Trinajstić information content (AvgIpc) is 3.67. The molecule has 1 saturated carbocycles. The molecule has 2 N–H and O–H groups in total. The van der Waals surface area contributed by atoms with Crippen molar-refractivity contribution in [1.29, 1.82) is 0 Å². The molecule has 0 spiro atoms. The Hall–Kier alpha value is -3.26. The highest BCUT2D eigenvalue weighted by Gasteiger charge is 2.26. The van der Waals surface area contributed by atoms with E-state index in [1.54, 1.807) is 7.11 Å². The minimum atomic E-state index is -0.130. The lowest BCUT2D eigenvalue weighted by Gasteiger charge is -2.38. The average molecular weight is 507 g/mol. The van der Waals surface area contributed by atoms with E-state index in [4.69, 9.17) is 9.47 Å². The summed E-state index contributed by atoms with van der Waals surface area (Å²) in [6.45, 7) is 4.44. The molecule has 8 nitrogen and oxygen atoms in total. The van der Waals surface area contributed by atoms with Gasteiger partial charge < -0.3 is 29.9 Å². The van der Waals surface area contributed by atoms with Gasteiger partial charge in [0.15, 0.2) is 0 Å². The second-order valence-corrected chi connectivity index (χ2v) is 10.2. The molecule has 3 fully saturated rings. The van der Waals surface area contributed by atoms with Gasteiger partial charge in [0.25, 0.3) is 5.91 Å². The maximum absolute atomic E-state index is 13.4. The van der Waals surface area contributed by atoms with Crippen molar-refractivity contribution in [3.63, 3.8) is 0 Å². The summed E-state index contributed by atoms with van der Waals surface area (Å²) in [4.78, 5) is 30.7. The summed E-state index contributed by atoms with van der Waals surface area (Å²) < 4.78 is 11.3. The number of para-hydroxylation sites is 2. The van der Waals surface area contributed by atoms with Crippen molar-refractivity contribution in [2.75, 3.05) is 61.6 Å². The van der Waals surface area contributed by atoms with E-state index in [2.05, 4.69) is 26.5 Å². The van der Waals surface area contributed by atoms with E-state index >= 15 is 0 Å². The van der Waals surface area contributed by atoms with Crippen LogP contribution in [0.3, 0.4) is 0 Å². The first-order valence-corrected chi connectivity index (χ1v) is 13.6. The Morgan fingerprint density at radius 3 is 2.38 bits per heavy atom. The van der Waals surface area contributed by atoms with Crippen molar-refractivity contribution in [2.24, 2.45) is 5.92 Å². The number of nitrogens with one attached hydrogen (secondary N) is 2. The zero-order valence-corrected chi connectivity index (χ0v) is 21.7. The monoisotopic (exact) mass is 506 g/mol. The third kappa shape index (κ3) is 6.01. The molecule has 2 saturated heterocycles. The van der Waals surface area contributed by atoms with E-state index in [1.807, 2.05) is 36.4 Å². The minimum absolute atomic E-state index is 0.0568. The number of methoxy groups -OCH3 is 1. The lowest BCUT2D eigenvalue weighted by molar-refractivity contribution is -0.119. The van der Waals surface area contributed by atoms with Gasteiger partial charge in [-0.3, -0.25) is 9.59 Å². The lowest BCUT2D eigenvalue weighted by atomic mass is 10.1. The van der Waals surface area contributed by atoms with Crippen LogP contribution in [0.2, 0.25) is 0 Å². The number of ether oxygens (including phenoxy) is 2. The number of benzene rings is 2. The van der Waals surface area contributed by atoms with Gasteiger partial charge in [0, 0.05) is 56.6 Å². The molecule has 2 aromatic carbocycles. The van der Waals surface area contributed by atoms with Crippen molar-refractivity contribution in [1.82, 2.24) is 5.32 Å². The Morgan fingerprint density at radius 2 is 1.68 bits per heavy atom. The van der Waals surface area contributed by atoms with Gasteiger partial charge in [-0.2, -0.15) is 0 Å². The molecule has 0 aromatic heterocycles. The first-order chi connectivity index (χ1) is 18.1. The van der Waals surface area contributed by atoms with Crippen molar-refractivity contribution in [3.05, 3.63) is 48.0 Å². The fourth-order valence-corrected chi connectivity index (χ4v) is 5.69. The van der Waals surface area contributed by atoms with E-state index in [-0.39, 0.29) is 23.8 Å². The lowest BCUT2D eigenvalue weighted by Crippen LogP contribution is -2.47. The zero-order chi connectivity index (χ0) is 25.6. The van der Waals surface area contributed by atoms with Gasteiger partial charge >= 0.3 is 0 Å². The topological polar surface area (TPSA) is 83.1 Å². The number of carbonyl (C=O) groups is 2. The van der Waals surface area contributed by atoms with Gasteiger partial charge in [-0.25, -0.2) is 0 Å². The molecular weight excluding hydrogens is 468 g/mol. The number of hydrogen-bond acceptors (Lipinski definition) is 6. The number of carbonyl (C=O) groups excluding carboxylic acids is 2. The van der Waals surface area contributed by atoms with E-state index in [0.717, 1.165) is 88.4 Å². The Labute approximate surface area is 219 Å². The van der Waals surface area contributed by atoms with Crippen molar-refractivity contribution < 1.29 is 19.1 Å². The van der Waals surface area contributed by atoms with Crippen LogP contribution >= 0.6 is 0 Å². The van der Waals surface area contributed by atoms with Gasteiger partial charge in [0.05, 0.1) is 24.5 Å².